The molecule has 7 heteroatoms. The number of hydrogen-bond acceptors (Lipinski definition) is 5. The normalized spacial score (nSPS) is 10.5. The summed E-state index contributed by atoms with van der Waals surface area (Å²) >= 11 is 0. The van der Waals surface area contributed by atoms with Crippen molar-refractivity contribution in [3.63, 3.8) is 0 Å². The van der Waals surface area contributed by atoms with E-state index in [1.54, 1.807) is 18.5 Å². The number of nitrogens with one attached hydrogen (secondary N) is 1. The van der Waals surface area contributed by atoms with Crippen molar-refractivity contribution in [1.29, 1.82) is 0 Å². The first-order valence-electron chi connectivity index (χ1n) is 6.74. The predicted octanol–water partition coefficient (Wildman–Crippen LogP) is 1.16. The molecule has 0 spiro atoms. The molecule has 112 valence electrons. The largest absolute Gasteiger partial charge is 0.492 e. The van der Waals surface area contributed by atoms with Crippen molar-refractivity contribution in [1.82, 2.24) is 20.1 Å². The van der Waals surface area contributed by atoms with Gasteiger partial charge in [-0.2, -0.15) is 0 Å². The molecule has 0 aliphatic heterocycles. The third kappa shape index (κ3) is 4.28. The van der Waals surface area contributed by atoms with Crippen LogP contribution in [0.2, 0.25) is 0 Å². The van der Waals surface area contributed by atoms with Gasteiger partial charge in [-0.15, -0.1) is 10.2 Å². The summed E-state index contributed by atoms with van der Waals surface area (Å²) in [6.07, 6.45) is 1.71. The number of carbonyl (C=O) groups is 1. The molecule has 0 saturated heterocycles. The minimum atomic E-state index is -0.941. The van der Waals surface area contributed by atoms with E-state index in [2.05, 4.69) is 15.5 Å². The number of nitrogens with zero attached hydrogens (tertiary/aromatic N) is 3. The second-order valence-corrected chi connectivity index (χ2v) is 4.39. The van der Waals surface area contributed by atoms with Crippen LogP contribution in [0.25, 0.3) is 0 Å². The molecule has 0 fully saturated rings. The van der Waals surface area contributed by atoms with Crippen LogP contribution < -0.4 is 10.1 Å². The molecule has 0 saturated carbocycles. The highest BCUT2D eigenvalue weighted by Crippen LogP contribution is 2.11. The average Bonchev–Trinajstić information content (AvgIpc) is 2.95. The molecule has 0 atom stereocenters. The monoisotopic (exact) mass is 290 g/mol. The molecule has 0 aliphatic rings. The number of ether oxygens (including phenoxy) is 1. The van der Waals surface area contributed by atoms with E-state index in [-0.39, 0.29) is 5.56 Å². The molecule has 0 unspecified atom stereocenters. The Morgan fingerprint density at radius 2 is 2.14 bits per heavy atom. The second-order valence-electron chi connectivity index (χ2n) is 4.39. The highest BCUT2D eigenvalue weighted by atomic mass is 16.5. The lowest BCUT2D eigenvalue weighted by atomic mass is 10.2. The molecule has 2 rings (SSSR count). The lowest BCUT2D eigenvalue weighted by Gasteiger charge is -2.08. The molecule has 2 N–H and O–H groups in total. The third-order valence-electron chi connectivity index (χ3n) is 2.97. The zero-order chi connectivity index (χ0) is 15.1. The molecule has 2 aromatic rings. The Bertz CT molecular complexity index is 580. The van der Waals surface area contributed by atoms with Gasteiger partial charge in [0.15, 0.2) is 0 Å². The van der Waals surface area contributed by atoms with Crippen molar-refractivity contribution in [3.05, 3.63) is 42.0 Å². The smallest absolute Gasteiger partial charge is 0.335 e. The van der Waals surface area contributed by atoms with Gasteiger partial charge < -0.3 is 19.7 Å². The van der Waals surface area contributed by atoms with Gasteiger partial charge in [0.05, 0.1) is 12.1 Å². The molecule has 1 aromatic carbocycles. The van der Waals surface area contributed by atoms with Crippen LogP contribution >= 0.6 is 0 Å². The summed E-state index contributed by atoms with van der Waals surface area (Å²) in [5.41, 5.74) is 0.249. The molecule has 7 nitrogen and oxygen atoms in total. The highest BCUT2D eigenvalue weighted by molar-refractivity contribution is 5.87. The van der Waals surface area contributed by atoms with E-state index in [0.29, 0.717) is 25.4 Å². The summed E-state index contributed by atoms with van der Waals surface area (Å²) in [5.74, 6) is 0.602. The van der Waals surface area contributed by atoms with Gasteiger partial charge in [-0.25, -0.2) is 4.79 Å². The summed E-state index contributed by atoms with van der Waals surface area (Å²) in [7, 11) is 0. The first-order chi connectivity index (χ1) is 10.2. The van der Waals surface area contributed by atoms with E-state index in [0.717, 1.165) is 12.4 Å². The van der Waals surface area contributed by atoms with E-state index < -0.39 is 5.97 Å². The summed E-state index contributed by atoms with van der Waals surface area (Å²) in [6, 6.07) is 6.35. The van der Waals surface area contributed by atoms with Crippen LogP contribution in [0.5, 0.6) is 5.75 Å². The zero-order valence-electron chi connectivity index (χ0n) is 11.8. The molecule has 21 heavy (non-hydrogen) atoms. The number of carboxylic acids is 1. The Morgan fingerprint density at radius 1 is 1.38 bits per heavy atom. The van der Waals surface area contributed by atoms with E-state index >= 15 is 0 Å². The highest BCUT2D eigenvalue weighted by Gasteiger charge is 2.03. The van der Waals surface area contributed by atoms with Gasteiger partial charge >= 0.3 is 5.97 Å². The van der Waals surface area contributed by atoms with Crippen LogP contribution in [0.1, 0.15) is 23.1 Å². The number of hydrogen-bond donors (Lipinski definition) is 2. The quantitative estimate of drug-likeness (QED) is 0.709. The van der Waals surface area contributed by atoms with Crippen LogP contribution in [0.15, 0.2) is 30.6 Å². The third-order valence-corrected chi connectivity index (χ3v) is 2.97. The van der Waals surface area contributed by atoms with Crippen molar-refractivity contribution in [2.75, 3.05) is 13.2 Å². The Kier molecular flexibility index (Phi) is 5.28. The van der Waals surface area contributed by atoms with Crippen LogP contribution in [0, 0.1) is 0 Å². The number of aryl methyl sites for hydroxylation is 1. The number of rotatable bonds is 8. The van der Waals surface area contributed by atoms with E-state index in [9.17, 15) is 4.79 Å². The van der Waals surface area contributed by atoms with Crippen LogP contribution in [0.3, 0.4) is 0 Å². The first-order valence-corrected chi connectivity index (χ1v) is 6.74. The number of aromatic carboxylic acids is 1. The Balaban J connectivity index is 1.69. The van der Waals surface area contributed by atoms with Gasteiger partial charge in [0, 0.05) is 13.1 Å². The van der Waals surface area contributed by atoms with Gasteiger partial charge in [0.1, 0.15) is 24.5 Å². The molecule has 0 bridgehead atoms. The van der Waals surface area contributed by atoms with Gasteiger partial charge in [0.25, 0.3) is 0 Å². The number of carboxylic acid groups (broad SMARTS) is 1. The standard InChI is InChI=1S/C14H18N4O3/c1-2-18-10-16-17-13(18)9-15-7-8-21-12-5-3-11(4-6-12)14(19)20/h3-6,10,15H,2,7-9H2,1H3,(H,19,20). The fourth-order valence-electron chi connectivity index (χ4n) is 1.81. The van der Waals surface area contributed by atoms with E-state index in [1.165, 1.54) is 12.1 Å². The zero-order valence-corrected chi connectivity index (χ0v) is 11.8. The van der Waals surface area contributed by atoms with Gasteiger partial charge in [-0.1, -0.05) is 0 Å². The first kappa shape index (κ1) is 15.0. The predicted molar refractivity (Wildman–Crippen MR) is 76.3 cm³/mol. The van der Waals surface area contributed by atoms with Crippen LogP contribution in [-0.2, 0) is 13.1 Å². The summed E-state index contributed by atoms with van der Waals surface area (Å²) in [4.78, 5) is 10.7. The van der Waals surface area contributed by atoms with Crippen molar-refractivity contribution in [3.8, 4) is 5.75 Å². The van der Waals surface area contributed by atoms with Gasteiger partial charge in [-0.3, -0.25) is 0 Å². The maximum absolute atomic E-state index is 10.7. The van der Waals surface area contributed by atoms with Crippen molar-refractivity contribution >= 4 is 5.97 Å². The lowest BCUT2D eigenvalue weighted by molar-refractivity contribution is 0.0697. The fourth-order valence-corrected chi connectivity index (χ4v) is 1.81. The average molecular weight is 290 g/mol. The second kappa shape index (κ2) is 7.39. The molecule has 0 radical (unpaired) electrons. The number of aromatic nitrogens is 3. The van der Waals surface area contributed by atoms with Gasteiger partial charge in [-0.05, 0) is 31.2 Å². The Labute approximate surface area is 122 Å². The van der Waals surface area contributed by atoms with Crippen LogP contribution in [-0.4, -0.2) is 39.0 Å². The molecule has 1 heterocycles. The molecule has 0 amide bonds. The lowest BCUT2D eigenvalue weighted by Crippen LogP contribution is -2.22. The van der Waals surface area contributed by atoms with E-state index in [1.807, 2.05) is 11.5 Å². The molecule has 1 aromatic heterocycles. The van der Waals surface area contributed by atoms with Crippen LogP contribution in [0.4, 0.5) is 0 Å². The molecular weight excluding hydrogens is 272 g/mol. The van der Waals surface area contributed by atoms with Crippen molar-refractivity contribution in [2.24, 2.45) is 0 Å². The fraction of sp³-hybridized carbons (Fsp3) is 0.357. The SMILES string of the molecule is CCn1cnnc1CNCCOc1ccc(C(=O)O)cc1. The minimum Gasteiger partial charge on any atom is -0.492 e. The topological polar surface area (TPSA) is 89.3 Å². The minimum absolute atomic E-state index is 0.249. The summed E-state index contributed by atoms with van der Waals surface area (Å²) < 4.78 is 7.49. The Hall–Kier alpha value is -2.41. The van der Waals surface area contributed by atoms with E-state index in [4.69, 9.17) is 9.84 Å². The van der Waals surface area contributed by atoms with Gasteiger partial charge in [0.2, 0.25) is 0 Å². The summed E-state index contributed by atoms with van der Waals surface area (Å²) in [5, 5.41) is 19.9. The van der Waals surface area contributed by atoms with Crippen molar-refractivity contribution < 1.29 is 14.6 Å². The summed E-state index contributed by atoms with van der Waals surface area (Å²) in [6.45, 7) is 4.67. The number of benzene rings is 1. The Morgan fingerprint density at radius 3 is 2.81 bits per heavy atom. The molecule has 0 aliphatic carbocycles. The maximum atomic E-state index is 10.7. The maximum Gasteiger partial charge on any atom is 0.335 e. The molecular formula is C14H18N4O3. The van der Waals surface area contributed by atoms with Crippen molar-refractivity contribution in [2.45, 2.75) is 20.0 Å².